The maximum absolute atomic E-state index is 11.9. The Kier molecular flexibility index (Phi) is 9.35. The molecule has 0 amide bonds. The molecule has 27 heavy (non-hydrogen) atoms. The number of alkyl halides is 2. The van der Waals surface area contributed by atoms with Gasteiger partial charge < -0.3 is 28.4 Å². The molecule has 7 nitrogen and oxygen atoms in total. The summed E-state index contributed by atoms with van der Waals surface area (Å²) >= 11 is 12.3. The van der Waals surface area contributed by atoms with Crippen molar-refractivity contribution >= 4 is 29.4 Å². The number of carbonyl (C=O) groups excluding carboxylic acids is 1. The quantitative estimate of drug-likeness (QED) is 0.335. The molecule has 0 aromatic carbocycles. The van der Waals surface area contributed by atoms with Crippen molar-refractivity contribution in [3.05, 3.63) is 24.3 Å². The smallest absolute Gasteiger partial charge is 0.431 e. The van der Waals surface area contributed by atoms with E-state index in [9.17, 15) is 4.79 Å². The molecule has 0 saturated heterocycles. The lowest BCUT2D eigenvalue weighted by molar-refractivity contribution is -0.177. The standard InChI is InChI=1S/C18H26Cl2O7/c1-4-11(2)25-17-8-6-13(20)15(27-17)10-24-18(21)23-9-14-12(19)5-7-16(22-3)26-14/h5-8,11-17H,4,9-10H2,1-3H3. The van der Waals surface area contributed by atoms with Gasteiger partial charge in [-0.25, -0.2) is 4.79 Å². The summed E-state index contributed by atoms with van der Waals surface area (Å²) in [5.41, 5.74) is 0. The molecule has 0 aromatic rings. The lowest BCUT2D eigenvalue weighted by Crippen LogP contribution is -2.39. The van der Waals surface area contributed by atoms with E-state index < -0.39 is 41.7 Å². The third-order valence-corrected chi connectivity index (χ3v) is 4.99. The fourth-order valence-electron chi connectivity index (χ4n) is 2.37. The largest absolute Gasteiger partial charge is 0.508 e. The van der Waals surface area contributed by atoms with Crippen molar-refractivity contribution in [2.45, 2.75) is 61.9 Å². The number of carbonyl (C=O) groups is 1. The fraction of sp³-hybridized carbons (Fsp3) is 0.722. The third-order valence-electron chi connectivity index (χ3n) is 4.14. The van der Waals surface area contributed by atoms with E-state index in [0.717, 1.165) is 6.42 Å². The zero-order valence-electron chi connectivity index (χ0n) is 15.6. The Bertz CT molecular complexity index is 528. The Hall–Kier alpha value is -0.830. The molecule has 0 aliphatic carbocycles. The SMILES string of the molecule is CCC(C)OC1C=CC(Cl)C(COC(=O)OCC2OC(OC)C=CC2Cl)O1. The van der Waals surface area contributed by atoms with Gasteiger partial charge in [-0.15, -0.1) is 23.2 Å². The van der Waals surface area contributed by atoms with Crippen LogP contribution >= 0.6 is 23.2 Å². The number of ether oxygens (including phenoxy) is 6. The maximum atomic E-state index is 11.9. The summed E-state index contributed by atoms with van der Waals surface area (Å²) in [6.45, 7) is 3.85. The molecule has 0 fully saturated rings. The van der Waals surface area contributed by atoms with E-state index in [2.05, 4.69) is 0 Å². The van der Waals surface area contributed by atoms with E-state index in [4.69, 9.17) is 51.6 Å². The molecular weight excluding hydrogens is 399 g/mol. The first-order valence-corrected chi connectivity index (χ1v) is 9.73. The summed E-state index contributed by atoms with van der Waals surface area (Å²) in [5, 5.41) is -0.863. The van der Waals surface area contributed by atoms with E-state index in [1.165, 1.54) is 7.11 Å². The number of methoxy groups -OCH3 is 1. The number of hydrogen-bond acceptors (Lipinski definition) is 7. The molecule has 0 spiro atoms. The molecule has 2 heterocycles. The zero-order valence-corrected chi connectivity index (χ0v) is 17.1. The van der Waals surface area contributed by atoms with Crippen molar-refractivity contribution in [3.8, 4) is 0 Å². The minimum Gasteiger partial charge on any atom is -0.431 e. The van der Waals surface area contributed by atoms with Gasteiger partial charge in [-0.1, -0.05) is 19.1 Å². The Morgan fingerprint density at radius 2 is 1.52 bits per heavy atom. The van der Waals surface area contributed by atoms with Crippen molar-refractivity contribution in [1.29, 1.82) is 0 Å². The molecule has 2 aliphatic heterocycles. The zero-order chi connectivity index (χ0) is 19.8. The van der Waals surface area contributed by atoms with Crippen LogP contribution in [-0.4, -0.2) is 68.1 Å². The molecule has 0 bridgehead atoms. The predicted molar refractivity (Wildman–Crippen MR) is 100 cm³/mol. The highest BCUT2D eigenvalue weighted by Crippen LogP contribution is 2.21. The van der Waals surface area contributed by atoms with Crippen LogP contribution in [0, 0.1) is 0 Å². The van der Waals surface area contributed by atoms with Gasteiger partial charge in [0.15, 0.2) is 12.6 Å². The van der Waals surface area contributed by atoms with Gasteiger partial charge in [-0.05, 0) is 25.5 Å². The van der Waals surface area contributed by atoms with Gasteiger partial charge in [-0.3, -0.25) is 0 Å². The van der Waals surface area contributed by atoms with Gasteiger partial charge in [-0.2, -0.15) is 0 Å². The molecule has 9 heteroatoms. The van der Waals surface area contributed by atoms with Crippen LogP contribution in [0.15, 0.2) is 24.3 Å². The summed E-state index contributed by atoms with van der Waals surface area (Å²) in [4.78, 5) is 11.9. The van der Waals surface area contributed by atoms with Crippen LogP contribution in [0.25, 0.3) is 0 Å². The molecule has 0 aromatic heterocycles. The lowest BCUT2D eigenvalue weighted by atomic mass is 10.2. The molecule has 0 radical (unpaired) electrons. The van der Waals surface area contributed by atoms with Crippen LogP contribution in [0.4, 0.5) is 4.79 Å². The van der Waals surface area contributed by atoms with Gasteiger partial charge >= 0.3 is 6.16 Å². The Morgan fingerprint density at radius 3 is 2.04 bits per heavy atom. The monoisotopic (exact) mass is 424 g/mol. The molecule has 7 atom stereocenters. The van der Waals surface area contributed by atoms with Crippen LogP contribution in [0.5, 0.6) is 0 Å². The first-order valence-electron chi connectivity index (χ1n) is 8.86. The van der Waals surface area contributed by atoms with Crippen molar-refractivity contribution in [3.63, 3.8) is 0 Å². The molecule has 2 rings (SSSR count). The predicted octanol–water partition coefficient (Wildman–Crippen LogP) is 3.38. The van der Waals surface area contributed by atoms with Crippen LogP contribution in [0.1, 0.15) is 20.3 Å². The van der Waals surface area contributed by atoms with Crippen LogP contribution in [0.2, 0.25) is 0 Å². The van der Waals surface area contributed by atoms with Gasteiger partial charge in [0.05, 0.1) is 16.9 Å². The van der Waals surface area contributed by atoms with Crippen molar-refractivity contribution in [1.82, 2.24) is 0 Å². The van der Waals surface area contributed by atoms with Gasteiger partial charge in [0, 0.05) is 7.11 Å². The topological polar surface area (TPSA) is 72.5 Å². The molecule has 154 valence electrons. The minimum absolute atomic E-state index is 0.0435. The van der Waals surface area contributed by atoms with Gasteiger partial charge in [0.25, 0.3) is 0 Å². The van der Waals surface area contributed by atoms with Crippen molar-refractivity contribution in [2.75, 3.05) is 20.3 Å². The van der Waals surface area contributed by atoms with E-state index in [1.54, 1.807) is 24.3 Å². The summed E-state index contributed by atoms with van der Waals surface area (Å²) in [7, 11) is 1.51. The minimum atomic E-state index is -0.854. The summed E-state index contributed by atoms with van der Waals surface area (Å²) in [6, 6.07) is 0. The second kappa shape index (κ2) is 11.2. The molecule has 7 unspecified atom stereocenters. The highest BCUT2D eigenvalue weighted by atomic mass is 35.5. The van der Waals surface area contributed by atoms with E-state index in [-0.39, 0.29) is 19.3 Å². The Balaban J connectivity index is 1.73. The second-order valence-electron chi connectivity index (χ2n) is 6.21. The van der Waals surface area contributed by atoms with Crippen molar-refractivity contribution < 1.29 is 33.2 Å². The molecule has 0 saturated carbocycles. The third kappa shape index (κ3) is 7.25. The highest BCUT2D eigenvalue weighted by Gasteiger charge is 2.30. The number of hydrogen-bond donors (Lipinski definition) is 0. The lowest BCUT2D eigenvalue weighted by Gasteiger charge is -2.30. The summed E-state index contributed by atoms with van der Waals surface area (Å²) in [6.07, 6.45) is 4.88. The van der Waals surface area contributed by atoms with E-state index in [0.29, 0.717) is 0 Å². The average Bonchev–Trinajstić information content (AvgIpc) is 2.67. The first-order chi connectivity index (χ1) is 12.9. The molecule has 0 N–H and O–H groups in total. The van der Waals surface area contributed by atoms with Crippen molar-refractivity contribution in [2.24, 2.45) is 0 Å². The Morgan fingerprint density at radius 1 is 1.00 bits per heavy atom. The number of halogens is 2. The molecular formula is C18H26Cl2O7. The van der Waals surface area contributed by atoms with E-state index in [1.807, 2.05) is 13.8 Å². The van der Waals surface area contributed by atoms with E-state index >= 15 is 0 Å². The van der Waals surface area contributed by atoms with Crippen LogP contribution < -0.4 is 0 Å². The average molecular weight is 425 g/mol. The fourth-order valence-corrected chi connectivity index (χ4v) is 2.80. The van der Waals surface area contributed by atoms with Gasteiger partial charge in [0.1, 0.15) is 25.4 Å². The first kappa shape index (κ1) is 22.5. The summed E-state index contributed by atoms with van der Waals surface area (Å²) in [5.74, 6) is 0. The maximum Gasteiger partial charge on any atom is 0.508 e. The molecule has 2 aliphatic rings. The van der Waals surface area contributed by atoms with Gasteiger partial charge in [0.2, 0.25) is 0 Å². The van der Waals surface area contributed by atoms with Crippen LogP contribution in [0.3, 0.4) is 0 Å². The Labute approximate surface area is 169 Å². The number of rotatable bonds is 8. The second-order valence-corrected chi connectivity index (χ2v) is 7.22. The highest BCUT2D eigenvalue weighted by molar-refractivity contribution is 6.22. The normalized spacial score (nSPS) is 34.3. The van der Waals surface area contributed by atoms with Crippen LogP contribution in [-0.2, 0) is 28.4 Å². The summed E-state index contributed by atoms with van der Waals surface area (Å²) < 4.78 is 32.2.